The number of guanidine groups is 1. The van der Waals surface area contributed by atoms with Crippen LogP contribution in [0.25, 0.3) is 11.0 Å². The van der Waals surface area contributed by atoms with E-state index in [4.69, 9.17) is 9.68 Å². The Labute approximate surface area is 191 Å². The molecule has 3 heterocycles. The van der Waals surface area contributed by atoms with Gasteiger partial charge in [-0.2, -0.15) is 5.26 Å². The number of aryl methyl sites for hydroxylation is 1. The lowest BCUT2D eigenvalue weighted by molar-refractivity contribution is -0.140. The molecule has 0 spiro atoms. The van der Waals surface area contributed by atoms with E-state index in [1.807, 2.05) is 0 Å². The van der Waals surface area contributed by atoms with Crippen molar-refractivity contribution in [3.63, 3.8) is 0 Å². The van der Waals surface area contributed by atoms with E-state index in [1.54, 1.807) is 35.0 Å². The number of nitriles is 1. The molecule has 1 aromatic heterocycles. The van der Waals surface area contributed by atoms with E-state index in [1.165, 1.54) is 6.07 Å². The number of carbonyl (C=O) groups excluding carboxylic acids is 2. The first-order valence-corrected chi connectivity index (χ1v) is 11.2. The summed E-state index contributed by atoms with van der Waals surface area (Å²) >= 11 is 0. The number of amides is 2. The summed E-state index contributed by atoms with van der Waals surface area (Å²) in [6.45, 7) is 3.75. The van der Waals surface area contributed by atoms with Crippen molar-refractivity contribution in [3.05, 3.63) is 29.8 Å². The number of fused-ring (bicyclic) bond motifs is 1. The summed E-state index contributed by atoms with van der Waals surface area (Å²) in [4.78, 5) is 33.5. The molecule has 2 N–H and O–H groups in total. The predicted molar refractivity (Wildman–Crippen MR) is 121 cm³/mol. The highest BCUT2D eigenvalue weighted by atomic mass is 19.1. The number of hydrogen-bond acceptors (Lipinski definition) is 5. The molecule has 2 aliphatic heterocycles. The zero-order chi connectivity index (χ0) is 23.4. The van der Waals surface area contributed by atoms with Crippen LogP contribution in [0.3, 0.4) is 0 Å². The van der Waals surface area contributed by atoms with Gasteiger partial charge in [-0.15, -0.1) is 0 Å². The fourth-order valence-electron chi connectivity index (χ4n) is 4.31. The third-order valence-electron chi connectivity index (χ3n) is 5.98. The molecule has 2 fully saturated rings. The summed E-state index contributed by atoms with van der Waals surface area (Å²) in [5.41, 5.74) is 0.520. The number of furan rings is 1. The SMILES string of the molecule is Cc1cc2cc(NC(=NC3CCCCN(CC(=O)N4CCCC4)C3=O)NC#N)c(F)cc2o1. The monoisotopic (exact) mass is 454 g/mol. The van der Waals surface area contributed by atoms with Crippen LogP contribution in [0.15, 0.2) is 27.6 Å². The fourth-order valence-corrected chi connectivity index (χ4v) is 4.31. The van der Waals surface area contributed by atoms with Crippen LogP contribution >= 0.6 is 0 Å². The zero-order valence-corrected chi connectivity index (χ0v) is 18.6. The highest BCUT2D eigenvalue weighted by molar-refractivity contribution is 5.98. The Morgan fingerprint density at radius 2 is 2.00 bits per heavy atom. The van der Waals surface area contributed by atoms with Gasteiger partial charge in [-0.1, -0.05) is 0 Å². The van der Waals surface area contributed by atoms with Crippen LogP contribution in [-0.4, -0.2) is 59.8 Å². The van der Waals surface area contributed by atoms with E-state index in [0.29, 0.717) is 29.7 Å². The number of likely N-dealkylation sites (tertiary alicyclic amines) is 2. The van der Waals surface area contributed by atoms with Gasteiger partial charge in [0.1, 0.15) is 23.2 Å². The molecule has 0 radical (unpaired) electrons. The van der Waals surface area contributed by atoms with Crippen LogP contribution in [0, 0.1) is 24.2 Å². The Hall–Kier alpha value is -3.61. The first kappa shape index (κ1) is 22.6. The second-order valence-electron chi connectivity index (χ2n) is 8.43. The molecular weight excluding hydrogens is 427 g/mol. The Morgan fingerprint density at radius 1 is 1.24 bits per heavy atom. The van der Waals surface area contributed by atoms with E-state index in [-0.39, 0.29) is 30.0 Å². The number of hydrogen-bond donors (Lipinski definition) is 2. The van der Waals surface area contributed by atoms with Crippen LogP contribution < -0.4 is 10.6 Å². The van der Waals surface area contributed by atoms with Crippen LogP contribution in [0.2, 0.25) is 0 Å². The molecule has 2 amide bonds. The van der Waals surface area contributed by atoms with E-state index in [9.17, 15) is 14.0 Å². The van der Waals surface area contributed by atoms with Crippen LogP contribution in [0.4, 0.5) is 10.1 Å². The summed E-state index contributed by atoms with van der Waals surface area (Å²) in [5, 5.41) is 15.1. The Balaban J connectivity index is 1.53. The molecule has 0 aliphatic carbocycles. The normalized spacial score (nSPS) is 19.5. The third kappa shape index (κ3) is 5.25. The van der Waals surface area contributed by atoms with E-state index >= 15 is 0 Å². The van der Waals surface area contributed by atoms with Crippen molar-refractivity contribution in [2.45, 2.75) is 45.1 Å². The van der Waals surface area contributed by atoms with Crippen LogP contribution in [0.1, 0.15) is 37.9 Å². The molecule has 1 unspecified atom stereocenters. The fraction of sp³-hybridized carbons (Fsp3) is 0.478. The Morgan fingerprint density at radius 3 is 2.76 bits per heavy atom. The third-order valence-corrected chi connectivity index (χ3v) is 5.98. The van der Waals surface area contributed by atoms with Crippen molar-refractivity contribution in [3.8, 4) is 6.19 Å². The number of halogens is 1. The highest BCUT2D eigenvalue weighted by Crippen LogP contribution is 2.26. The number of benzene rings is 1. The molecule has 0 saturated carbocycles. The van der Waals surface area contributed by atoms with E-state index < -0.39 is 11.9 Å². The van der Waals surface area contributed by atoms with Gasteiger partial charge >= 0.3 is 0 Å². The van der Waals surface area contributed by atoms with Crippen molar-refractivity contribution in [2.24, 2.45) is 4.99 Å². The zero-order valence-electron chi connectivity index (χ0n) is 18.6. The number of nitrogens with zero attached hydrogens (tertiary/aromatic N) is 4. The van der Waals surface area contributed by atoms with Gasteiger partial charge < -0.3 is 19.5 Å². The van der Waals surface area contributed by atoms with Crippen molar-refractivity contribution in [1.82, 2.24) is 15.1 Å². The van der Waals surface area contributed by atoms with Gasteiger partial charge in [0.25, 0.3) is 0 Å². The Bertz CT molecular complexity index is 1120. The first-order valence-electron chi connectivity index (χ1n) is 11.2. The summed E-state index contributed by atoms with van der Waals surface area (Å²) < 4.78 is 20.0. The van der Waals surface area contributed by atoms with Gasteiger partial charge in [0.15, 0.2) is 6.19 Å². The number of anilines is 1. The quantitative estimate of drug-likeness (QED) is 0.318. The maximum Gasteiger partial charge on any atom is 0.247 e. The van der Waals surface area contributed by atoms with Crippen molar-refractivity contribution in [1.29, 1.82) is 5.26 Å². The smallest absolute Gasteiger partial charge is 0.247 e. The predicted octanol–water partition coefficient (Wildman–Crippen LogP) is 2.72. The van der Waals surface area contributed by atoms with E-state index in [0.717, 1.165) is 38.8 Å². The van der Waals surface area contributed by atoms with Gasteiger partial charge in [0, 0.05) is 31.1 Å². The van der Waals surface area contributed by atoms with Crippen molar-refractivity contribution < 1.29 is 18.4 Å². The number of rotatable bonds is 4. The van der Waals surface area contributed by atoms with Gasteiger partial charge in [-0.25, -0.2) is 9.38 Å². The van der Waals surface area contributed by atoms with E-state index in [2.05, 4.69) is 15.6 Å². The largest absolute Gasteiger partial charge is 0.461 e. The summed E-state index contributed by atoms with van der Waals surface area (Å²) in [6.07, 6.45) is 5.76. The average molecular weight is 455 g/mol. The second kappa shape index (κ2) is 9.90. The maximum absolute atomic E-state index is 14.6. The van der Waals surface area contributed by atoms with Crippen molar-refractivity contribution >= 4 is 34.4 Å². The number of carbonyl (C=O) groups is 2. The van der Waals surface area contributed by atoms with Crippen LogP contribution in [-0.2, 0) is 9.59 Å². The van der Waals surface area contributed by atoms with Gasteiger partial charge in [-0.05, 0) is 51.2 Å². The standard InChI is InChI=1S/C23H27FN6O3/c1-15-10-16-11-19(17(24)12-20(16)33-15)28-23(26-14-25)27-18-6-2-3-9-30(22(18)32)13-21(31)29-7-4-5-8-29/h10-12,18H,2-9,13H2,1H3,(H2,26,27,28). The summed E-state index contributed by atoms with van der Waals surface area (Å²) in [6, 6.07) is 3.83. The number of aliphatic imine (C=N–C) groups is 1. The summed E-state index contributed by atoms with van der Waals surface area (Å²) in [7, 11) is 0. The summed E-state index contributed by atoms with van der Waals surface area (Å²) in [5.74, 6) is -0.264. The highest BCUT2D eigenvalue weighted by Gasteiger charge is 2.30. The molecule has 2 aromatic rings. The molecule has 4 rings (SSSR count). The molecule has 1 atom stereocenters. The van der Waals surface area contributed by atoms with Gasteiger partial charge in [-0.3, -0.25) is 14.9 Å². The lowest BCUT2D eigenvalue weighted by Crippen LogP contribution is -2.45. The second-order valence-corrected chi connectivity index (χ2v) is 8.43. The minimum absolute atomic E-state index is 0.0259. The molecule has 1 aromatic carbocycles. The van der Waals surface area contributed by atoms with Gasteiger partial charge in [0.05, 0.1) is 12.2 Å². The van der Waals surface area contributed by atoms with Gasteiger partial charge in [0.2, 0.25) is 17.8 Å². The van der Waals surface area contributed by atoms with Crippen molar-refractivity contribution in [2.75, 3.05) is 31.5 Å². The molecule has 2 aliphatic rings. The molecule has 10 heteroatoms. The molecule has 174 valence electrons. The molecular formula is C23H27FN6O3. The average Bonchev–Trinajstić information content (AvgIpc) is 3.40. The minimum atomic E-state index is -0.773. The molecule has 33 heavy (non-hydrogen) atoms. The Kier molecular flexibility index (Phi) is 6.77. The molecule has 2 saturated heterocycles. The minimum Gasteiger partial charge on any atom is -0.461 e. The topological polar surface area (TPSA) is 114 Å². The maximum atomic E-state index is 14.6. The lowest BCUT2D eigenvalue weighted by atomic mass is 10.1. The molecule has 0 bridgehead atoms. The lowest BCUT2D eigenvalue weighted by Gasteiger charge is -2.25. The molecule has 9 nitrogen and oxygen atoms in total. The first-order chi connectivity index (χ1) is 15.9. The van der Waals surface area contributed by atoms with Crippen LogP contribution in [0.5, 0.6) is 0 Å². The number of nitrogens with one attached hydrogen (secondary N) is 2.